The second kappa shape index (κ2) is 10.1. The van der Waals surface area contributed by atoms with E-state index in [4.69, 9.17) is 9.72 Å². The van der Waals surface area contributed by atoms with Crippen molar-refractivity contribution in [2.24, 2.45) is 0 Å². The van der Waals surface area contributed by atoms with Crippen LogP contribution in [0.2, 0.25) is 0 Å². The van der Waals surface area contributed by atoms with Crippen molar-refractivity contribution in [2.45, 2.75) is 25.7 Å². The molecule has 0 fully saturated rings. The molecule has 0 bridgehead atoms. The van der Waals surface area contributed by atoms with Gasteiger partial charge in [0.2, 0.25) is 5.91 Å². The highest BCUT2D eigenvalue weighted by atomic mass is 16.5. The maximum atomic E-state index is 11.7. The van der Waals surface area contributed by atoms with E-state index in [-0.39, 0.29) is 5.91 Å². The Kier molecular flexibility index (Phi) is 6.85. The molecule has 4 rings (SSSR count). The van der Waals surface area contributed by atoms with Gasteiger partial charge in [0.25, 0.3) is 0 Å². The first kappa shape index (κ1) is 21.6. The minimum absolute atomic E-state index is 0.180. The van der Waals surface area contributed by atoms with E-state index in [1.807, 2.05) is 48.5 Å². The molecule has 0 unspecified atom stereocenters. The van der Waals surface area contributed by atoms with Crippen LogP contribution in [0.1, 0.15) is 25.7 Å². The first-order valence-electron chi connectivity index (χ1n) is 11.1. The fourth-order valence-corrected chi connectivity index (χ4v) is 3.73. The molecule has 0 aliphatic carbocycles. The molecule has 0 aliphatic rings. The number of benzene rings is 3. The Hall–Kier alpha value is -3.60. The number of hydrogen-bond donors (Lipinski definition) is 0. The molecule has 1 amide bonds. The molecule has 164 valence electrons. The van der Waals surface area contributed by atoms with Gasteiger partial charge in [-0.3, -0.25) is 9.36 Å². The lowest BCUT2D eigenvalue weighted by Crippen LogP contribution is -2.21. The van der Waals surface area contributed by atoms with Gasteiger partial charge in [-0.05, 0) is 43.5 Å². The third-order valence-corrected chi connectivity index (χ3v) is 5.47. The Bertz CT molecular complexity index is 1170. The average molecular weight is 428 g/mol. The number of hydrogen-bond acceptors (Lipinski definition) is 3. The van der Waals surface area contributed by atoms with Crippen LogP contribution in [0.4, 0.5) is 0 Å². The van der Waals surface area contributed by atoms with E-state index in [1.165, 1.54) is 0 Å². The van der Waals surface area contributed by atoms with Gasteiger partial charge < -0.3 is 9.64 Å². The zero-order valence-electron chi connectivity index (χ0n) is 18.7. The Morgan fingerprint density at radius 3 is 2.34 bits per heavy atom. The van der Waals surface area contributed by atoms with Crippen molar-refractivity contribution in [3.05, 3.63) is 78.9 Å². The van der Waals surface area contributed by atoms with E-state index in [0.717, 1.165) is 53.1 Å². The third kappa shape index (κ3) is 4.99. The molecule has 0 aliphatic heterocycles. The molecular weight excluding hydrogens is 398 g/mol. The number of para-hydroxylation sites is 1. The lowest BCUT2D eigenvalue weighted by Gasteiger charge is -2.11. The Labute approximate surface area is 189 Å². The summed E-state index contributed by atoms with van der Waals surface area (Å²) in [5.41, 5.74) is 4.09. The Balaban J connectivity index is 1.53. The Morgan fingerprint density at radius 2 is 1.62 bits per heavy atom. The van der Waals surface area contributed by atoms with Crippen molar-refractivity contribution < 1.29 is 9.53 Å². The number of ether oxygens (including phenoxy) is 1. The monoisotopic (exact) mass is 427 g/mol. The van der Waals surface area contributed by atoms with Crippen molar-refractivity contribution in [3.8, 4) is 22.8 Å². The predicted molar refractivity (Wildman–Crippen MR) is 129 cm³/mol. The summed E-state index contributed by atoms with van der Waals surface area (Å²) >= 11 is 0. The molecule has 5 heteroatoms. The van der Waals surface area contributed by atoms with E-state index < -0.39 is 0 Å². The summed E-state index contributed by atoms with van der Waals surface area (Å²) in [5, 5.41) is 0. The van der Waals surface area contributed by atoms with Crippen LogP contribution in [-0.4, -0.2) is 41.1 Å². The molecule has 4 aromatic rings. The zero-order chi connectivity index (χ0) is 22.3. The largest absolute Gasteiger partial charge is 0.494 e. The number of rotatable bonds is 9. The van der Waals surface area contributed by atoms with Crippen molar-refractivity contribution in [3.63, 3.8) is 0 Å². The van der Waals surface area contributed by atoms with Crippen LogP contribution < -0.4 is 4.74 Å². The lowest BCUT2D eigenvalue weighted by atomic mass is 10.2. The average Bonchev–Trinajstić information content (AvgIpc) is 3.21. The normalized spacial score (nSPS) is 10.9. The van der Waals surface area contributed by atoms with Gasteiger partial charge in [-0.15, -0.1) is 0 Å². The minimum atomic E-state index is 0.180. The minimum Gasteiger partial charge on any atom is -0.494 e. The summed E-state index contributed by atoms with van der Waals surface area (Å²) in [4.78, 5) is 18.2. The number of aromatic nitrogens is 2. The maximum absolute atomic E-state index is 11.7. The van der Waals surface area contributed by atoms with E-state index in [2.05, 4.69) is 34.9 Å². The second-order valence-corrected chi connectivity index (χ2v) is 8.07. The van der Waals surface area contributed by atoms with Gasteiger partial charge in [0.05, 0.1) is 17.6 Å². The number of unbranched alkanes of at least 4 members (excludes halogenated alkanes) is 2. The number of carbonyl (C=O) groups is 1. The first-order chi connectivity index (χ1) is 15.6. The molecular formula is C27H29N3O2. The number of nitrogens with zero attached hydrogens (tertiary/aromatic N) is 3. The van der Waals surface area contributed by atoms with E-state index >= 15 is 0 Å². The highest BCUT2D eigenvalue weighted by molar-refractivity contribution is 5.84. The maximum Gasteiger partial charge on any atom is 0.222 e. The molecule has 0 spiro atoms. The van der Waals surface area contributed by atoms with Crippen LogP contribution >= 0.6 is 0 Å². The summed E-state index contributed by atoms with van der Waals surface area (Å²) < 4.78 is 8.22. The number of carbonyl (C=O) groups excluding carboxylic acids is 1. The molecule has 32 heavy (non-hydrogen) atoms. The van der Waals surface area contributed by atoms with E-state index in [9.17, 15) is 4.79 Å². The van der Waals surface area contributed by atoms with Crippen LogP contribution in [-0.2, 0) is 4.79 Å². The fraction of sp³-hybridized carbons (Fsp3) is 0.259. The van der Waals surface area contributed by atoms with Gasteiger partial charge in [-0.25, -0.2) is 4.98 Å². The lowest BCUT2D eigenvalue weighted by molar-refractivity contribution is -0.128. The molecule has 0 saturated carbocycles. The highest BCUT2D eigenvalue weighted by Crippen LogP contribution is 2.30. The molecule has 1 heterocycles. The number of imidazole rings is 1. The number of amides is 1. The third-order valence-electron chi connectivity index (χ3n) is 5.47. The molecule has 0 saturated heterocycles. The van der Waals surface area contributed by atoms with Crippen LogP contribution in [0.25, 0.3) is 28.1 Å². The van der Waals surface area contributed by atoms with Crippen molar-refractivity contribution in [1.29, 1.82) is 0 Å². The molecule has 0 atom stereocenters. The molecule has 5 nitrogen and oxygen atoms in total. The summed E-state index contributed by atoms with van der Waals surface area (Å²) in [6.45, 7) is 0.632. The summed E-state index contributed by atoms with van der Waals surface area (Å²) in [6, 6.07) is 26.6. The van der Waals surface area contributed by atoms with Crippen LogP contribution in [0.3, 0.4) is 0 Å². The van der Waals surface area contributed by atoms with Crippen LogP contribution in [0.5, 0.6) is 5.75 Å². The van der Waals surface area contributed by atoms with Gasteiger partial charge in [0, 0.05) is 37.8 Å². The molecule has 0 N–H and O–H groups in total. The first-order valence-corrected chi connectivity index (χ1v) is 11.1. The SMILES string of the molecule is CN(C)C(=O)CCCCCOc1ccc2nc(-c3ccccc3)n(-c3ccccc3)c2c1. The summed E-state index contributed by atoms with van der Waals surface area (Å²) in [7, 11) is 3.59. The molecule has 0 radical (unpaired) electrons. The fourth-order valence-electron chi connectivity index (χ4n) is 3.73. The smallest absolute Gasteiger partial charge is 0.222 e. The topological polar surface area (TPSA) is 47.4 Å². The number of fused-ring (bicyclic) bond motifs is 1. The van der Waals surface area contributed by atoms with Crippen LogP contribution in [0, 0.1) is 0 Å². The van der Waals surface area contributed by atoms with Crippen molar-refractivity contribution >= 4 is 16.9 Å². The summed E-state index contributed by atoms with van der Waals surface area (Å²) in [6.07, 6.45) is 3.38. The van der Waals surface area contributed by atoms with Gasteiger partial charge in [0.15, 0.2) is 0 Å². The summed E-state index contributed by atoms with van der Waals surface area (Å²) in [5.74, 6) is 1.92. The predicted octanol–water partition coefficient (Wildman–Crippen LogP) is 5.72. The Morgan fingerprint density at radius 1 is 0.906 bits per heavy atom. The van der Waals surface area contributed by atoms with E-state index in [0.29, 0.717) is 13.0 Å². The van der Waals surface area contributed by atoms with Crippen molar-refractivity contribution in [1.82, 2.24) is 14.5 Å². The standard InChI is InChI=1S/C27H29N3O2/c1-29(2)26(31)16-10-5-11-19-32-23-17-18-24-25(20-23)30(22-14-8-4-9-15-22)27(28-24)21-12-6-3-7-13-21/h3-4,6-9,12-15,17-18,20H,5,10-11,16,19H2,1-2H3. The van der Waals surface area contributed by atoms with Gasteiger partial charge >= 0.3 is 0 Å². The second-order valence-electron chi connectivity index (χ2n) is 8.07. The molecule has 1 aromatic heterocycles. The quantitative estimate of drug-likeness (QED) is 0.321. The van der Waals surface area contributed by atoms with Crippen molar-refractivity contribution in [2.75, 3.05) is 20.7 Å². The van der Waals surface area contributed by atoms with E-state index in [1.54, 1.807) is 19.0 Å². The molecule has 3 aromatic carbocycles. The highest BCUT2D eigenvalue weighted by Gasteiger charge is 2.15. The van der Waals surface area contributed by atoms with Gasteiger partial charge in [-0.2, -0.15) is 0 Å². The van der Waals surface area contributed by atoms with Gasteiger partial charge in [0.1, 0.15) is 11.6 Å². The zero-order valence-corrected chi connectivity index (χ0v) is 18.7. The van der Waals surface area contributed by atoms with Gasteiger partial charge in [-0.1, -0.05) is 48.5 Å². The van der Waals surface area contributed by atoms with Crippen LogP contribution in [0.15, 0.2) is 78.9 Å².